The Bertz CT molecular complexity index is 678. The summed E-state index contributed by atoms with van der Waals surface area (Å²) in [7, 11) is 0. The topological polar surface area (TPSA) is 43.7 Å². The van der Waals surface area contributed by atoms with Crippen molar-refractivity contribution < 1.29 is 14.3 Å². The van der Waals surface area contributed by atoms with Crippen molar-refractivity contribution in [2.24, 2.45) is 0 Å². The monoisotopic (exact) mass is 300 g/mol. The van der Waals surface area contributed by atoms with Crippen molar-refractivity contribution in [1.29, 1.82) is 0 Å². The Labute approximate surface area is 129 Å². The number of likely N-dealkylation sites (tertiary alicyclic amines) is 1. The van der Waals surface area contributed by atoms with Gasteiger partial charge in [0.15, 0.2) is 5.79 Å². The summed E-state index contributed by atoms with van der Waals surface area (Å²) in [6.45, 7) is 3.14. The zero-order valence-electron chi connectivity index (χ0n) is 12.5. The highest BCUT2D eigenvalue weighted by Crippen LogP contribution is 2.31. The second-order valence-electron chi connectivity index (χ2n) is 5.99. The second-order valence-corrected chi connectivity index (χ2v) is 5.99. The second kappa shape index (κ2) is 5.41. The predicted molar refractivity (Wildman–Crippen MR) is 82.4 cm³/mol. The molecule has 0 bridgehead atoms. The van der Waals surface area contributed by atoms with E-state index in [4.69, 9.17) is 9.47 Å². The lowest BCUT2D eigenvalue weighted by atomic mass is 10.0. The number of benzene rings is 1. The number of rotatable bonds is 2. The van der Waals surface area contributed by atoms with Crippen LogP contribution in [0.1, 0.15) is 12.8 Å². The van der Waals surface area contributed by atoms with Crippen LogP contribution >= 0.6 is 0 Å². The molecular weight excluding hydrogens is 280 g/mol. The van der Waals surface area contributed by atoms with Gasteiger partial charge in [-0.3, -0.25) is 4.79 Å². The number of hydrogen-bond donors (Lipinski definition) is 0. The number of hydrogen-bond acceptors (Lipinski definition) is 3. The highest BCUT2D eigenvalue weighted by atomic mass is 16.7. The molecule has 0 N–H and O–H groups in total. The standard InChI is InChI=1S/C17H20N2O3/c20-16(13-19-8-5-14-3-1-2-4-15(14)19)18-9-6-17(7-10-18)21-11-12-22-17/h1-5,8H,6-7,9-13H2. The van der Waals surface area contributed by atoms with Gasteiger partial charge in [-0.1, -0.05) is 18.2 Å². The Hall–Kier alpha value is -1.85. The SMILES string of the molecule is O=C(Cn1ccc2ccccc21)N1CCC2(CC1)OCCO2. The van der Waals surface area contributed by atoms with Gasteiger partial charge in [0.1, 0.15) is 6.54 Å². The molecule has 2 aromatic rings. The average Bonchev–Trinajstić information content (AvgIpc) is 3.16. The van der Waals surface area contributed by atoms with Crippen molar-refractivity contribution in [1.82, 2.24) is 9.47 Å². The largest absolute Gasteiger partial charge is 0.347 e. The highest BCUT2D eigenvalue weighted by Gasteiger charge is 2.40. The lowest BCUT2D eigenvalue weighted by Gasteiger charge is -2.37. The molecule has 1 spiro atoms. The van der Waals surface area contributed by atoms with Crippen LogP contribution in [0.25, 0.3) is 10.9 Å². The molecule has 2 fully saturated rings. The number of carbonyl (C=O) groups is 1. The van der Waals surface area contributed by atoms with Crippen molar-refractivity contribution in [3.05, 3.63) is 36.5 Å². The van der Waals surface area contributed by atoms with E-state index < -0.39 is 5.79 Å². The summed E-state index contributed by atoms with van der Waals surface area (Å²) in [4.78, 5) is 14.5. The first kappa shape index (κ1) is 13.8. The molecule has 3 heterocycles. The van der Waals surface area contributed by atoms with Gasteiger partial charge in [-0.2, -0.15) is 0 Å². The maximum absolute atomic E-state index is 12.5. The molecule has 2 aliphatic heterocycles. The predicted octanol–water partition coefficient (Wildman–Crippen LogP) is 2.01. The van der Waals surface area contributed by atoms with Crippen LogP contribution in [0.3, 0.4) is 0 Å². The molecule has 2 saturated heterocycles. The molecular formula is C17H20N2O3. The number of para-hydroxylation sites is 1. The highest BCUT2D eigenvalue weighted by molar-refractivity contribution is 5.83. The molecule has 5 nitrogen and oxygen atoms in total. The van der Waals surface area contributed by atoms with Gasteiger partial charge in [0.25, 0.3) is 0 Å². The van der Waals surface area contributed by atoms with Gasteiger partial charge in [-0.15, -0.1) is 0 Å². The summed E-state index contributed by atoms with van der Waals surface area (Å²) >= 11 is 0. The van der Waals surface area contributed by atoms with Gasteiger partial charge < -0.3 is 18.9 Å². The first-order chi connectivity index (χ1) is 10.8. The molecule has 22 heavy (non-hydrogen) atoms. The maximum atomic E-state index is 12.5. The van der Waals surface area contributed by atoms with Crippen molar-refractivity contribution in [2.75, 3.05) is 26.3 Å². The zero-order chi connectivity index (χ0) is 15.0. The third kappa shape index (κ3) is 2.40. The summed E-state index contributed by atoms with van der Waals surface area (Å²) in [5, 5.41) is 1.17. The lowest BCUT2D eigenvalue weighted by Crippen LogP contribution is -2.48. The van der Waals surface area contributed by atoms with E-state index in [0.717, 1.165) is 18.4 Å². The van der Waals surface area contributed by atoms with Crippen LogP contribution < -0.4 is 0 Å². The van der Waals surface area contributed by atoms with Crippen molar-refractivity contribution in [3.8, 4) is 0 Å². The van der Waals surface area contributed by atoms with Gasteiger partial charge in [0.05, 0.1) is 13.2 Å². The summed E-state index contributed by atoms with van der Waals surface area (Å²) in [5.41, 5.74) is 1.10. The first-order valence-corrected chi connectivity index (χ1v) is 7.85. The minimum atomic E-state index is -0.420. The molecule has 5 heteroatoms. The number of piperidine rings is 1. The molecule has 0 unspecified atom stereocenters. The van der Waals surface area contributed by atoms with E-state index >= 15 is 0 Å². The van der Waals surface area contributed by atoms with Crippen LogP contribution in [-0.2, 0) is 20.8 Å². The van der Waals surface area contributed by atoms with Crippen LogP contribution in [0, 0.1) is 0 Å². The Morgan fingerprint density at radius 2 is 1.82 bits per heavy atom. The normalized spacial score (nSPS) is 20.8. The zero-order valence-corrected chi connectivity index (χ0v) is 12.5. The van der Waals surface area contributed by atoms with E-state index in [1.54, 1.807) is 0 Å². The van der Waals surface area contributed by atoms with Crippen LogP contribution in [-0.4, -0.2) is 47.5 Å². The van der Waals surface area contributed by atoms with Crippen LogP contribution in [0.5, 0.6) is 0 Å². The smallest absolute Gasteiger partial charge is 0.242 e. The van der Waals surface area contributed by atoms with Crippen molar-refractivity contribution in [2.45, 2.75) is 25.2 Å². The molecule has 116 valence electrons. The van der Waals surface area contributed by atoms with Gasteiger partial charge in [0, 0.05) is 37.6 Å². The van der Waals surface area contributed by atoms with E-state index in [1.165, 1.54) is 5.39 Å². The van der Waals surface area contributed by atoms with Crippen LogP contribution in [0.4, 0.5) is 0 Å². The minimum Gasteiger partial charge on any atom is -0.347 e. The van der Waals surface area contributed by atoms with E-state index in [9.17, 15) is 4.79 Å². The van der Waals surface area contributed by atoms with Gasteiger partial charge in [-0.05, 0) is 17.5 Å². The summed E-state index contributed by atoms with van der Waals surface area (Å²) in [5.74, 6) is -0.258. The van der Waals surface area contributed by atoms with E-state index in [1.807, 2.05) is 39.9 Å². The fourth-order valence-electron chi connectivity index (χ4n) is 3.41. The maximum Gasteiger partial charge on any atom is 0.242 e. The van der Waals surface area contributed by atoms with Gasteiger partial charge in [-0.25, -0.2) is 0 Å². The average molecular weight is 300 g/mol. The van der Waals surface area contributed by atoms with Gasteiger partial charge >= 0.3 is 0 Å². The summed E-state index contributed by atoms with van der Waals surface area (Å²) in [6.07, 6.45) is 3.52. The number of carbonyl (C=O) groups excluding carboxylic acids is 1. The molecule has 0 atom stereocenters. The molecule has 0 saturated carbocycles. The van der Waals surface area contributed by atoms with Gasteiger partial charge in [0.2, 0.25) is 5.91 Å². The Morgan fingerprint density at radius 1 is 1.09 bits per heavy atom. The number of amides is 1. The minimum absolute atomic E-state index is 0.161. The molecule has 4 rings (SSSR count). The fraction of sp³-hybridized carbons (Fsp3) is 0.471. The quantitative estimate of drug-likeness (QED) is 0.852. The van der Waals surface area contributed by atoms with E-state index in [2.05, 4.69) is 6.07 Å². The number of fused-ring (bicyclic) bond motifs is 1. The molecule has 1 aromatic heterocycles. The van der Waals surface area contributed by atoms with Crippen LogP contribution in [0.2, 0.25) is 0 Å². The first-order valence-electron chi connectivity index (χ1n) is 7.85. The van der Waals surface area contributed by atoms with Crippen LogP contribution in [0.15, 0.2) is 36.5 Å². The van der Waals surface area contributed by atoms with Crippen molar-refractivity contribution >= 4 is 16.8 Å². The molecule has 1 amide bonds. The Morgan fingerprint density at radius 3 is 2.59 bits per heavy atom. The number of nitrogens with zero attached hydrogens (tertiary/aromatic N) is 2. The van der Waals surface area contributed by atoms with E-state index in [0.29, 0.717) is 32.8 Å². The van der Waals surface area contributed by atoms with E-state index in [-0.39, 0.29) is 5.91 Å². The number of aromatic nitrogens is 1. The molecule has 1 aromatic carbocycles. The fourth-order valence-corrected chi connectivity index (χ4v) is 3.41. The Kier molecular flexibility index (Phi) is 3.39. The third-order valence-corrected chi connectivity index (χ3v) is 4.68. The third-order valence-electron chi connectivity index (χ3n) is 4.68. The summed E-state index contributed by atoms with van der Waals surface area (Å²) < 4.78 is 13.4. The molecule has 2 aliphatic rings. The summed E-state index contributed by atoms with van der Waals surface area (Å²) in [6, 6.07) is 10.2. The van der Waals surface area contributed by atoms with Crippen molar-refractivity contribution in [3.63, 3.8) is 0 Å². The molecule has 0 aliphatic carbocycles. The number of ether oxygens (including phenoxy) is 2. The Balaban J connectivity index is 1.42. The molecule has 0 radical (unpaired) electrons. The lowest BCUT2D eigenvalue weighted by molar-refractivity contribution is -0.187.